The van der Waals surface area contributed by atoms with Crippen LogP contribution in [0.2, 0.25) is 5.15 Å². The van der Waals surface area contributed by atoms with E-state index in [2.05, 4.69) is 10.1 Å². The second-order valence-corrected chi connectivity index (χ2v) is 7.41. The lowest BCUT2D eigenvalue weighted by atomic mass is 10.2. The lowest BCUT2D eigenvalue weighted by molar-refractivity contribution is -0.142. The van der Waals surface area contributed by atoms with Crippen LogP contribution in [-0.2, 0) is 10.9 Å². The Labute approximate surface area is 167 Å². The number of amides is 1. The molecule has 6 nitrogen and oxygen atoms in total. The summed E-state index contributed by atoms with van der Waals surface area (Å²) >= 11 is 5.92. The molecule has 0 radical (unpaired) electrons. The van der Waals surface area contributed by atoms with Gasteiger partial charge in [-0.2, -0.15) is 18.3 Å². The first-order valence-electron chi connectivity index (χ1n) is 8.27. The van der Waals surface area contributed by atoms with Gasteiger partial charge in [-0.15, -0.1) is 0 Å². The average molecular weight is 431 g/mol. The Bertz CT molecular complexity index is 1080. The number of anilines is 2. The van der Waals surface area contributed by atoms with Gasteiger partial charge >= 0.3 is 12.3 Å². The van der Waals surface area contributed by atoms with Crippen LogP contribution in [-0.4, -0.2) is 26.3 Å². The molecule has 29 heavy (non-hydrogen) atoms. The molecule has 3 rings (SSSR count). The van der Waals surface area contributed by atoms with Crippen molar-refractivity contribution < 1.29 is 27.1 Å². The van der Waals surface area contributed by atoms with E-state index in [1.807, 2.05) is 0 Å². The highest BCUT2D eigenvalue weighted by molar-refractivity contribution is 6.29. The Morgan fingerprint density at radius 2 is 1.90 bits per heavy atom. The second kappa shape index (κ2) is 7.18. The first-order chi connectivity index (χ1) is 13.4. The minimum Gasteiger partial charge on any atom is -0.443 e. The number of aromatic nitrogens is 3. The molecule has 0 saturated heterocycles. The maximum atomic E-state index is 13.8. The topological polar surface area (TPSA) is 59.7 Å². The van der Waals surface area contributed by atoms with Crippen LogP contribution in [0.5, 0.6) is 0 Å². The zero-order chi connectivity index (χ0) is 21.6. The fraction of sp³-hybridized carbons (Fsp3) is 0.278. The number of carbonyl (C=O) groups excluding carboxylic acids is 1. The van der Waals surface area contributed by atoms with Gasteiger partial charge in [0.25, 0.3) is 0 Å². The van der Waals surface area contributed by atoms with E-state index >= 15 is 0 Å². The summed E-state index contributed by atoms with van der Waals surface area (Å²) in [7, 11) is 0. The number of rotatable bonds is 2. The van der Waals surface area contributed by atoms with Crippen molar-refractivity contribution in [2.24, 2.45) is 0 Å². The summed E-state index contributed by atoms with van der Waals surface area (Å²) < 4.78 is 59.5. The highest BCUT2D eigenvalue weighted by atomic mass is 35.5. The number of ether oxygens (including phenoxy) is 1. The third-order valence-electron chi connectivity index (χ3n) is 3.59. The van der Waals surface area contributed by atoms with E-state index in [1.54, 1.807) is 20.8 Å². The molecule has 0 atom stereocenters. The molecule has 0 aliphatic carbocycles. The highest BCUT2D eigenvalue weighted by Gasteiger charge is 2.37. The molecular weight excluding hydrogens is 416 g/mol. The van der Waals surface area contributed by atoms with Crippen molar-refractivity contribution in [2.45, 2.75) is 32.5 Å². The van der Waals surface area contributed by atoms with Crippen LogP contribution in [0.3, 0.4) is 0 Å². The monoisotopic (exact) mass is 430 g/mol. The summed E-state index contributed by atoms with van der Waals surface area (Å²) in [6.07, 6.45) is -5.14. The Morgan fingerprint density at radius 3 is 2.48 bits per heavy atom. The molecule has 3 aromatic rings. The van der Waals surface area contributed by atoms with Gasteiger partial charge in [-0.25, -0.2) is 23.6 Å². The molecule has 11 heteroatoms. The average Bonchev–Trinajstić information content (AvgIpc) is 2.97. The summed E-state index contributed by atoms with van der Waals surface area (Å²) in [6, 6.07) is 6.07. The zero-order valence-electron chi connectivity index (χ0n) is 15.5. The maximum absolute atomic E-state index is 13.8. The van der Waals surface area contributed by atoms with Gasteiger partial charge in [-0.05, 0) is 39.0 Å². The second-order valence-electron chi connectivity index (χ2n) is 7.02. The van der Waals surface area contributed by atoms with E-state index in [9.17, 15) is 22.4 Å². The fourth-order valence-electron chi connectivity index (χ4n) is 2.55. The van der Waals surface area contributed by atoms with Crippen LogP contribution in [0.25, 0.3) is 5.65 Å². The standard InChI is InChI=1S/C18H15ClF4N4O2/c1-17(2,3)29-16(28)26(11-6-4-5-10(20)7-11)12-8-14(19)25-27-13(18(21,22)23)9-24-15(12)27/h4-9H,1-3H3. The minimum absolute atomic E-state index is 0.0139. The molecule has 0 N–H and O–H groups in total. The molecule has 154 valence electrons. The number of carbonyl (C=O) groups is 1. The number of imidazole rings is 1. The summed E-state index contributed by atoms with van der Waals surface area (Å²) in [5.41, 5.74) is -2.56. The SMILES string of the molecule is CC(C)(C)OC(=O)N(c1cccc(F)c1)c1cc(Cl)nn2c(C(F)(F)F)cnc12. The van der Waals surface area contributed by atoms with E-state index in [0.29, 0.717) is 10.7 Å². The largest absolute Gasteiger partial charge is 0.443 e. The predicted molar refractivity (Wildman–Crippen MR) is 97.8 cm³/mol. The highest BCUT2D eigenvalue weighted by Crippen LogP contribution is 2.36. The van der Waals surface area contributed by atoms with E-state index in [0.717, 1.165) is 23.1 Å². The maximum Gasteiger partial charge on any atom is 0.435 e. The lowest BCUT2D eigenvalue weighted by Crippen LogP contribution is -2.34. The van der Waals surface area contributed by atoms with Crippen molar-refractivity contribution in [1.82, 2.24) is 14.6 Å². The minimum atomic E-state index is -4.76. The number of hydrogen-bond donors (Lipinski definition) is 0. The van der Waals surface area contributed by atoms with Crippen molar-refractivity contribution in [1.29, 1.82) is 0 Å². The van der Waals surface area contributed by atoms with Crippen LogP contribution in [0.15, 0.2) is 36.5 Å². The third-order valence-corrected chi connectivity index (χ3v) is 3.78. The molecule has 0 aliphatic heterocycles. The van der Waals surface area contributed by atoms with E-state index in [-0.39, 0.29) is 22.2 Å². The van der Waals surface area contributed by atoms with Gasteiger partial charge in [-0.3, -0.25) is 0 Å². The van der Waals surface area contributed by atoms with Gasteiger partial charge in [0, 0.05) is 6.07 Å². The Morgan fingerprint density at radius 1 is 1.21 bits per heavy atom. The molecule has 0 aliphatic rings. The first-order valence-corrected chi connectivity index (χ1v) is 8.65. The van der Waals surface area contributed by atoms with Crippen molar-refractivity contribution in [3.63, 3.8) is 0 Å². The molecule has 2 heterocycles. The van der Waals surface area contributed by atoms with Crippen molar-refractivity contribution in [2.75, 3.05) is 4.90 Å². The molecule has 0 fully saturated rings. The van der Waals surface area contributed by atoms with Crippen LogP contribution in [0, 0.1) is 5.82 Å². The number of fused-ring (bicyclic) bond motifs is 1. The molecule has 1 aromatic carbocycles. The Hall–Kier alpha value is -2.88. The number of halogens is 5. The van der Waals surface area contributed by atoms with Gasteiger partial charge in [0.05, 0.1) is 11.9 Å². The third kappa shape index (κ3) is 4.42. The van der Waals surface area contributed by atoms with Gasteiger partial charge in [0.1, 0.15) is 17.1 Å². The van der Waals surface area contributed by atoms with Gasteiger partial charge in [0.15, 0.2) is 16.5 Å². The lowest BCUT2D eigenvalue weighted by Gasteiger charge is -2.27. The van der Waals surface area contributed by atoms with Crippen LogP contribution < -0.4 is 4.90 Å². The fourth-order valence-corrected chi connectivity index (χ4v) is 2.73. The van der Waals surface area contributed by atoms with Crippen molar-refractivity contribution in [3.8, 4) is 0 Å². The smallest absolute Gasteiger partial charge is 0.435 e. The summed E-state index contributed by atoms with van der Waals surface area (Å²) in [6.45, 7) is 4.84. The number of hydrogen-bond acceptors (Lipinski definition) is 4. The van der Waals surface area contributed by atoms with E-state index in [4.69, 9.17) is 16.3 Å². The molecular formula is C18H15ClF4N4O2. The van der Waals surface area contributed by atoms with Crippen LogP contribution in [0.4, 0.5) is 33.7 Å². The van der Waals surface area contributed by atoms with Crippen LogP contribution in [0.1, 0.15) is 26.5 Å². The molecule has 1 amide bonds. The summed E-state index contributed by atoms with van der Waals surface area (Å²) in [4.78, 5) is 17.5. The summed E-state index contributed by atoms with van der Waals surface area (Å²) in [5.74, 6) is -0.661. The Balaban J connectivity index is 2.27. The van der Waals surface area contributed by atoms with E-state index in [1.165, 1.54) is 12.1 Å². The predicted octanol–water partition coefficient (Wildman–Crippen LogP) is 5.61. The van der Waals surface area contributed by atoms with E-state index < -0.39 is 29.4 Å². The Kier molecular flexibility index (Phi) is 5.16. The van der Waals surface area contributed by atoms with Crippen molar-refractivity contribution in [3.05, 3.63) is 53.2 Å². The zero-order valence-corrected chi connectivity index (χ0v) is 16.2. The summed E-state index contributed by atoms with van der Waals surface area (Å²) in [5, 5.41) is 3.30. The molecule has 0 spiro atoms. The van der Waals surface area contributed by atoms with Gasteiger partial charge < -0.3 is 4.74 Å². The molecule has 2 aromatic heterocycles. The molecule has 0 bridgehead atoms. The number of alkyl halides is 3. The quantitative estimate of drug-likeness (QED) is 0.495. The van der Waals surface area contributed by atoms with Gasteiger partial charge in [-0.1, -0.05) is 17.7 Å². The first kappa shape index (κ1) is 20.8. The normalized spacial score (nSPS) is 12.3. The number of benzene rings is 1. The molecule has 0 unspecified atom stereocenters. The van der Waals surface area contributed by atoms with Gasteiger partial charge in [0.2, 0.25) is 0 Å². The number of nitrogens with zero attached hydrogens (tertiary/aromatic N) is 4. The molecule has 0 saturated carbocycles. The van der Waals surface area contributed by atoms with Crippen molar-refractivity contribution >= 4 is 34.7 Å². The van der Waals surface area contributed by atoms with Crippen LogP contribution >= 0.6 is 11.6 Å².